The lowest BCUT2D eigenvalue weighted by molar-refractivity contribution is -0.116. The van der Waals surface area contributed by atoms with Crippen LogP contribution >= 0.6 is 24.0 Å². The number of piperidine rings is 1. The van der Waals surface area contributed by atoms with E-state index in [1.54, 1.807) is 6.20 Å². The van der Waals surface area contributed by atoms with Crippen LogP contribution in [0.15, 0.2) is 23.3 Å². The average molecular weight is 516 g/mol. The molecule has 0 bridgehead atoms. The van der Waals surface area contributed by atoms with Gasteiger partial charge in [0.05, 0.1) is 6.54 Å². The summed E-state index contributed by atoms with van der Waals surface area (Å²) < 4.78 is 0. The van der Waals surface area contributed by atoms with E-state index in [-0.39, 0.29) is 29.9 Å². The van der Waals surface area contributed by atoms with Crippen molar-refractivity contribution in [1.29, 1.82) is 0 Å². The monoisotopic (exact) mass is 516 g/mol. The standard InChI is InChI=1S/C21H36N6O.HI/c1-4-18-8-6-7-14-27(18)15-13-24-21(22-5-2)23-12-11-20(28)26-19-10-9-17(3)16-25-19;/h9-10,16,18H,4-8,11-15H2,1-3H3,(H2,22,23,24)(H,25,26,28);1H. The van der Waals surface area contributed by atoms with Crippen LogP contribution in [0.3, 0.4) is 0 Å². The highest BCUT2D eigenvalue weighted by molar-refractivity contribution is 14.0. The van der Waals surface area contributed by atoms with E-state index in [0.29, 0.717) is 24.8 Å². The van der Waals surface area contributed by atoms with Crippen molar-refractivity contribution in [1.82, 2.24) is 20.5 Å². The van der Waals surface area contributed by atoms with E-state index in [1.807, 2.05) is 26.0 Å². The van der Waals surface area contributed by atoms with Crippen LogP contribution in [0.25, 0.3) is 0 Å². The van der Waals surface area contributed by atoms with Crippen LogP contribution in [-0.4, -0.2) is 60.5 Å². The van der Waals surface area contributed by atoms with Gasteiger partial charge < -0.3 is 16.0 Å². The van der Waals surface area contributed by atoms with E-state index in [4.69, 9.17) is 0 Å². The number of halogens is 1. The fraction of sp³-hybridized carbons (Fsp3) is 0.667. The summed E-state index contributed by atoms with van der Waals surface area (Å²) in [4.78, 5) is 23.5. The molecule has 1 aromatic heterocycles. The number of likely N-dealkylation sites (tertiary alicyclic amines) is 1. The summed E-state index contributed by atoms with van der Waals surface area (Å²) >= 11 is 0. The lowest BCUT2D eigenvalue weighted by Crippen LogP contribution is -2.42. The van der Waals surface area contributed by atoms with Gasteiger partial charge in [-0.15, -0.1) is 24.0 Å². The topological polar surface area (TPSA) is 81.7 Å². The van der Waals surface area contributed by atoms with Gasteiger partial charge >= 0.3 is 0 Å². The Bertz CT molecular complexity index is 622. The summed E-state index contributed by atoms with van der Waals surface area (Å²) in [5, 5.41) is 9.32. The summed E-state index contributed by atoms with van der Waals surface area (Å²) in [6, 6.07) is 4.46. The molecule has 1 amide bonds. The molecule has 8 heteroatoms. The Balaban J connectivity index is 0.00000420. The molecule has 0 aromatic carbocycles. The number of pyridine rings is 1. The molecule has 164 valence electrons. The number of aryl methyl sites for hydroxylation is 1. The molecule has 2 rings (SSSR count). The van der Waals surface area contributed by atoms with Crippen molar-refractivity contribution in [3.05, 3.63) is 23.9 Å². The lowest BCUT2D eigenvalue weighted by atomic mass is 10.0. The highest BCUT2D eigenvalue weighted by Crippen LogP contribution is 2.18. The Hall–Kier alpha value is -1.42. The number of aromatic nitrogens is 1. The number of amides is 1. The molecule has 29 heavy (non-hydrogen) atoms. The summed E-state index contributed by atoms with van der Waals surface area (Å²) in [6.45, 7) is 10.6. The molecule has 1 saturated heterocycles. The van der Waals surface area contributed by atoms with Gasteiger partial charge in [-0.1, -0.05) is 19.4 Å². The van der Waals surface area contributed by atoms with E-state index >= 15 is 0 Å². The van der Waals surface area contributed by atoms with Crippen molar-refractivity contribution >= 4 is 41.7 Å². The predicted molar refractivity (Wildman–Crippen MR) is 131 cm³/mol. The van der Waals surface area contributed by atoms with E-state index < -0.39 is 0 Å². The maximum atomic E-state index is 12.1. The van der Waals surface area contributed by atoms with Crippen LogP contribution in [0.1, 0.15) is 51.5 Å². The normalized spacial score (nSPS) is 17.3. The van der Waals surface area contributed by atoms with Crippen LogP contribution in [0.4, 0.5) is 5.82 Å². The van der Waals surface area contributed by atoms with Crippen molar-refractivity contribution in [2.24, 2.45) is 4.99 Å². The number of nitrogens with zero attached hydrogens (tertiary/aromatic N) is 3. The van der Waals surface area contributed by atoms with Gasteiger partial charge in [-0.2, -0.15) is 0 Å². The summed E-state index contributed by atoms with van der Waals surface area (Å²) in [5.41, 5.74) is 1.07. The minimum Gasteiger partial charge on any atom is -0.357 e. The molecule has 1 fully saturated rings. The quantitative estimate of drug-likeness (QED) is 0.267. The second-order valence-corrected chi connectivity index (χ2v) is 7.30. The van der Waals surface area contributed by atoms with Gasteiger partial charge in [0.25, 0.3) is 0 Å². The minimum absolute atomic E-state index is 0. The number of anilines is 1. The van der Waals surface area contributed by atoms with Crippen LogP contribution in [-0.2, 0) is 4.79 Å². The minimum atomic E-state index is -0.0567. The fourth-order valence-corrected chi connectivity index (χ4v) is 3.49. The summed E-state index contributed by atoms with van der Waals surface area (Å²) in [5.74, 6) is 1.30. The van der Waals surface area contributed by atoms with Crippen molar-refractivity contribution in [2.75, 3.05) is 38.0 Å². The third-order valence-corrected chi connectivity index (χ3v) is 5.05. The Morgan fingerprint density at radius 3 is 2.79 bits per heavy atom. The Morgan fingerprint density at radius 1 is 1.28 bits per heavy atom. The van der Waals surface area contributed by atoms with Gasteiger partial charge in [0.15, 0.2) is 5.96 Å². The zero-order chi connectivity index (χ0) is 20.2. The second kappa shape index (κ2) is 14.5. The summed E-state index contributed by atoms with van der Waals surface area (Å²) in [6.07, 6.45) is 7.28. The van der Waals surface area contributed by atoms with Crippen molar-refractivity contribution in [3.63, 3.8) is 0 Å². The van der Waals surface area contributed by atoms with Crippen molar-refractivity contribution < 1.29 is 4.79 Å². The number of aliphatic imine (C=N–C) groups is 1. The molecule has 1 aromatic rings. The average Bonchev–Trinajstić information content (AvgIpc) is 2.70. The fourth-order valence-electron chi connectivity index (χ4n) is 3.49. The van der Waals surface area contributed by atoms with Crippen molar-refractivity contribution in [3.8, 4) is 0 Å². The first-order valence-corrected chi connectivity index (χ1v) is 10.6. The molecule has 0 aliphatic carbocycles. The maximum Gasteiger partial charge on any atom is 0.227 e. The SMILES string of the molecule is CCNC(=NCCN1CCCCC1CC)NCCC(=O)Nc1ccc(C)cn1.I. The smallest absolute Gasteiger partial charge is 0.227 e. The molecule has 1 unspecified atom stereocenters. The Morgan fingerprint density at radius 2 is 2.10 bits per heavy atom. The number of hydrogen-bond acceptors (Lipinski definition) is 4. The number of nitrogens with one attached hydrogen (secondary N) is 3. The first-order valence-electron chi connectivity index (χ1n) is 10.6. The predicted octanol–water partition coefficient (Wildman–Crippen LogP) is 3.16. The molecule has 1 aliphatic heterocycles. The third-order valence-electron chi connectivity index (χ3n) is 5.05. The highest BCUT2D eigenvalue weighted by Gasteiger charge is 2.19. The van der Waals surface area contributed by atoms with Crippen LogP contribution in [0, 0.1) is 6.92 Å². The molecule has 7 nitrogen and oxygen atoms in total. The number of carbonyl (C=O) groups excluding carboxylic acids is 1. The van der Waals surface area contributed by atoms with E-state index in [2.05, 4.69) is 37.8 Å². The largest absolute Gasteiger partial charge is 0.357 e. The second-order valence-electron chi connectivity index (χ2n) is 7.30. The van der Waals surface area contributed by atoms with E-state index in [1.165, 1.54) is 32.2 Å². The first kappa shape index (κ1) is 25.6. The van der Waals surface area contributed by atoms with E-state index in [0.717, 1.165) is 31.2 Å². The van der Waals surface area contributed by atoms with Crippen LogP contribution in [0.5, 0.6) is 0 Å². The third kappa shape index (κ3) is 9.75. The molecule has 0 spiro atoms. The van der Waals surface area contributed by atoms with Gasteiger partial charge in [0, 0.05) is 38.3 Å². The summed E-state index contributed by atoms with van der Waals surface area (Å²) in [7, 11) is 0. The molecule has 0 radical (unpaired) electrons. The molecular weight excluding hydrogens is 479 g/mol. The molecule has 0 saturated carbocycles. The molecular formula is C21H37IN6O. The molecule has 1 aliphatic rings. The zero-order valence-corrected chi connectivity index (χ0v) is 20.4. The maximum absolute atomic E-state index is 12.1. The first-order chi connectivity index (χ1) is 13.6. The number of carbonyl (C=O) groups is 1. The zero-order valence-electron chi connectivity index (χ0n) is 18.0. The van der Waals surface area contributed by atoms with Gasteiger partial charge in [-0.25, -0.2) is 4.98 Å². The van der Waals surface area contributed by atoms with Crippen LogP contribution < -0.4 is 16.0 Å². The van der Waals surface area contributed by atoms with Gasteiger partial charge in [0.1, 0.15) is 5.82 Å². The number of rotatable bonds is 9. The molecule has 1 atom stereocenters. The van der Waals surface area contributed by atoms with Crippen molar-refractivity contribution in [2.45, 2.75) is 58.9 Å². The van der Waals surface area contributed by atoms with E-state index in [9.17, 15) is 4.79 Å². The highest BCUT2D eigenvalue weighted by atomic mass is 127. The number of hydrogen-bond donors (Lipinski definition) is 3. The molecule has 3 N–H and O–H groups in total. The Kier molecular flexibility index (Phi) is 12.8. The Labute approximate surface area is 192 Å². The van der Waals surface area contributed by atoms with Crippen LogP contribution in [0.2, 0.25) is 0 Å². The molecule has 2 heterocycles. The number of guanidine groups is 1. The lowest BCUT2D eigenvalue weighted by Gasteiger charge is -2.34. The van der Waals surface area contributed by atoms with Gasteiger partial charge in [-0.05, 0) is 51.3 Å². The van der Waals surface area contributed by atoms with Gasteiger partial charge in [-0.3, -0.25) is 14.7 Å². The van der Waals surface area contributed by atoms with Gasteiger partial charge in [0.2, 0.25) is 5.91 Å².